The van der Waals surface area contributed by atoms with Crippen molar-refractivity contribution in [2.24, 2.45) is 0 Å². The van der Waals surface area contributed by atoms with Gasteiger partial charge in [-0.2, -0.15) is 0 Å². The Morgan fingerprint density at radius 2 is 2.10 bits per heavy atom. The Morgan fingerprint density at radius 3 is 2.90 bits per heavy atom. The molecule has 114 valence electrons. The lowest BCUT2D eigenvalue weighted by Crippen LogP contribution is -2.48. The molecule has 1 saturated carbocycles. The first-order chi connectivity index (χ1) is 10.2. The number of aliphatic hydroxyl groups is 1. The van der Waals surface area contributed by atoms with E-state index in [0.29, 0.717) is 6.54 Å². The Bertz CT molecular complexity index is 517. The lowest BCUT2D eigenvalue weighted by atomic mass is 9.91. The highest BCUT2D eigenvalue weighted by molar-refractivity contribution is 5.96. The topological polar surface area (TPSA) is 43.8 Å². The largest absolute Gasteiger partial charge is 0.391 e. The van der Waals surface area contributed by atoms with Gasteiger partial charge < -0.3 is 10.0 Å². The second kappa shape index (κ2) is 6.16. The van der Waals surface area contributed by atoms with Crippen LogP contribution < -0.4 is 4.90 Å². The number of likely N-dealkylation sites (N-methyl/N-ethyl adjacent to an activating group) is 1. The molecule has 0 radical (unpaired) electrons. The van der Waals surface area contributed by atoms with E-state index < -0.39 is 0 Å². The van der Waals surface area contributed by atoms with Gasteiger partial charge in [-0.3, -0.25) is 9.69 Å². The highest BCUT2D eigenvalue weighted by Gasteiger charge is 2.30. The first-order valence-corrected chi connectivity index (χ1v) is 7.93. The number of rotatable bonds is 3. The predicted octanol–water partition coefficient (Wildman–Crippen LogP) is 1.81. The van der Waals surface area contributed by atoms with Crippen LogP contribution in [0.2, 0.25) is 0 Å². The molecule has 1 aliphatic heterocycles. The van der Waals surface area contributed by atoms with Crippen molar-refractivity contribution in [2.45, 2.75) is 44.2 Å². The highest BCUT2D eigenvalue weighted by Crippen LogP contribution is 2.28. The van der Waals surface area contributed by atoms with E-state index in [-0.39, 0.29) is 18.1 Å². The third-order valence-electron chi connectivity index (χ3n) is 4.83. The van der Waals surface area contributed by atoms with E-state index in [1.165, 1.54) is 5.56 Å². The summed E-state index contributed by atoms with van der Waals surface area (Å²) in [7, 11) is 1.96. The second-order valence-electron chi connectivity index (χ2n) is 6.26. The lowest BCUT2D eigenvalue weighted by Gasteiger charge is -2.35. The average Bonchev–Trinajstić information content (AvgIpc) is 2.91. The molecule has 1 fully saturated rings. The van der Waals surface area contributed by atoms with Gasteiger partial charge >= 0.3 is 0 Å². The fourth-order valence-corrected chi connectivity index (χ4v) is 3.62. The third-order valence-corrected chi connectivity index (χ3v) is 4.83. The monoisotopic (exact) mass is 288 g/mol. The van der Waals surface area contributed by atoms with E-state index in [9.17, 15) is 9.90 Å². The maximum Gasteiger partial charge on any atom is 0.241 e. The minimum absolute atomic E-state index is 0.126. The van der Waals surface area contributed by atoms with Crippen molar-refractivity contribution in [2.75, 3.05) is 25.0 Å². The second-order valence-corrected chi connectivity index (χ2v) is 6.26. The van der Waals surface area contributed by atoms with Crippen molar-refractivity contribution in [3.05, 3.63) is 29.8 Å². The summed E-state index contributed by atoms with van der Waals surface area (Å²) < 4.78 is 0. The summed E-state index contributed by atoms with van der Waals surface area (Å²) in [4.78, 5) is 16.5. The molecule has 4 nitrogen and oxygen atoms in total. The van der Waals surface area contributed by atoms with Crippen LogP contribution in [0.5, 0.6) is 0 Å². The van der Waals surface area contributed by atoms with E-state index in [0.717, 1.165) is 44.3 Å². The fourth-order valence-electron chi connectivity index (χ4n) is 3.62. The van der Waals surface area contributed by atoms with E-state index in [1.54, 1.807) is 0 Å². The molecule has 1 heterocycles. The molecule has 0 bridgehead atoms. The van der Waals surface area contributed by atoms with Gasteiger partial charge in [-0.25, -0.2) is 0 Å². The molecule has 0 aromatic heterocycles. The van der Waals surface area contributed by atoms with Crippen LogP contribution in [-0.2, 0) is 11.2 Å². The Hall–Kier alpha value is -1.39. The van der Waals surface area contributed by atoms with E-state index >= 15 is 0 Å². The number of carbonyl (C=O) groups excluding carboxylic acids is 1. The maximum absolute atomic E-state index is 12.6. The molecule has 1 aliphatic carbocycles. The van der Waals surface area contributed by atoms with Gasteiger partial charge in [0, 0.05) is 18.3 Å². The Balaban J connectivity index is 1.64. The number of amides is 1. The first kappa shape index (κ1) is 14.5. The number of benzene rings is 1. The van der Waals surface area contributed by atoms with E-state index in [1.807, 2.05) is 35.0 Å². The van der Waals surface area contributed by atoms with Gasteiger partial charge in [-0.05, 0) is 37.9 Å². The molecular weight excluding hydrogens is 264 g/mol. The predicted molar refractivity (Wildman–Crippen MR) is 83.4 cm³/mol. The van der Waals surface area contributed by atoms with E-state index in [2.05, 4.69) is 6.07 Å². The number of hydrogen-bond acceptors (Lipinski definition) is 3. The number of fused-ring (bicyclic) bond motifs is 1. The summed E-state index contributed by atoms with van der Waals surface area (Å²) >= 11 is 0. The number of hydrogen-bond donors (Lipinski definition) is 1. The van der Waals surface area contributed by atoms with Gasteiger partial charge in [0.25, 0.3) is 0 Å². The van der Waals surface area contributed by atoms with Crippen LogP contribution in [0.1, 0.15) is 31.2 Å². The summed E-state index contributed by atoms with van der Waals surface area (Å²) in [5.41, 5.74) is 2.31. The van der Waals surface area contributed by atoms with Gasteiger partial charge in [0.2, 0.25) is 5.91 Å². The summed E-state index contributed by atoms with van der Waals surface area (Å²) in [6.45, 7) is 1.16. The van der Waals surface area contributed by atoms with Crippen molar-refractivity contribution in [1.82, 2.24) is 4.90 Å². The SMILES string of the molecule is CN(CC(=O)N1CCc2ccccc21)C1CCCCC1O. The number of para-hydroxylation sites is 1. The lowest BCUT2D eigenvalue weighted by molar-refractivity contribution is -0.120. The molecule has 1 aromatic rings. The summed E-state index contributed by atoms with van der Waals surface area (Å²) in [6, 6.07) is 8.25. The van der Waals surface area contributed by atoms with Gasteiger partial charge in [-0.15, -0.1) is 0 Å². The van der Waals surface area contributed by atoms with Crippen molar-refractivity contribution in [1.29, 1.82) is 0 Å². The molecule has 2 aliphatic rings. The van der Waals surface area contributed by atoms with Crippen molar-refractivity contribution in [3.63, 3.8) is 0 Å². The third kappa shape index (κ3) is 2.97. The molecule has 21 heavy (non-hydrogen) atoms. The molecule has 2 unspecified atom stereocenters. The molecule has 2 atom stereocenters. The van der Waals surface area contributed by atoms with Crippen LogP contribution in [0, 0.1) is 0 Å². The molecule has 0 saturated heterocycles. The van der Waals surface area contributed by atoms with Crippen LogP contribution in [0.3, 0.4) is 0 Å². The zero-order valence-electron chi connectivity index (χ0n) is 12.7. The van der Waals surface area contributed by atoms with Crippen LogP contribution >= 0.6 is 0 Å². The van der Waals surface area contributed by atoms with Crippen LogP contribution in [0.4, 0.5) is 5.69 Å². The number of carbonyl (C=O) groups is 1. The van der Waals surface area contributed by atoms with Gasteiger partial charge in [0.15, 0.2) is 0 Å². The van der Waals surface area contributed by atoms with Crippen molar-refractivity contribution >= 4 is 11.6 Å². The fraction of sp³-hybridized carbons (Fsp3) is 0.588. The minimum Gasteiger partial charge on any atom is -0.391 e. The van der Waals surface area contributed by atoms with Gasteiger partial charge in [0.05, 0.1) is 12.6 Å². The Morgan fingerprint density at radius 1 is 1.33 bits per heavy atom. The number of anilines is 1. The molecule has 1 amide bonds. The Labute approximate surface area is 126 Å². The molecule has 1 aromatic carbocycles. The minimum atomic E-state index is -0.289. The quantitative estimate of drug-likeness (QED) is 0.922. The Kier molecular flexibility index (Phi) is 4.27. The zero-order chi connectivity index (χ0) is 14.8. The average molecular weight is 288 g/mol. The normalized spacial score (nSPS) is 25.2. The highest BCUT2D eigenvalue weighted by atomic mass is 16.3. The zero-order valence-corrected chi connectivity index (χ0v) is 12.7. The van der Waals surface area contributed by atoms with Crippen molar-refractivity contribution in [3.8, 4) is 0 Å². The maximum atomic E-state index is 12.6. The molecule has 0 spiro atoms. The summed E-state index contributed by atoms with van der Waals surface area (Å²) in [6.07, 6.45) is 4.74. The first-order valence-electron chi connectivity index (χ1n) is 7.93. The summed E-state index contributed by atoms with van der Waals surface area (Å²) in [5.74, 6) is 0.139. The van der Waals surface area contributed by atoms with Crippen LogP contribution in [-0.4, -0.2) is 48.2 Å². The molecule has 3 rings (SSSR count). The van der Waals surface area contributed by atoms with Crippen LogP contribution in [0.15, 0.2) is 24.3 Å². The number of aliphatic hydroxyl groups excluding tert-OH is 1. The van der Waals surface area contributed by atoms with E-state index in [4.69, 9.17) is 0 Å². The molecule has 4 heteroatoms. The van der Waals surface area contributed by atoms with Crippen LogP contribution in [0.25, 0.3) is 0 Å². The molecule has 1 N–H and O–H groups in total. The molecular formula is C17H24N2O2. The number of nitrogens with zero attached hydrogens (tertiary/aromatic N) is 2. The smallest absolute Gasteiger partial charge is 0.241 e. The standard InChI is InChI=1S/C17H24N2O2/c1-18(15-8-4-5-9-16(15)20)12-17(21)19-11-10-13-6-2-3-7-14(13)19/h2-3,6-7,15-16,20H,4-5,8-12H2,1H3. The summed E-state index contributed by atoms with van der Waals surface area (Å²) in [5, 5.41) is 10.1. The van der Waals surface area contributed by atoms with Crippen molar-refractivity contribution < 1.29 is 9.90 Å². The van der Waals surface area contributed by atoms with Gasteiger partial charge in [0.1, 0.15) is 0 Å². The van der Waals surface area contributed by atoms with Gasteiger partial charge in [-0.1, -0.05) is 31.0 Å².